The van der Waals surface area contributed by atoms with Crippen molar-refractivity contribution < 1.29 is 4.74 Å². The van der Waals surface area contributed by atoms with Gasteiger partial charge < -0.3 is 15.4 Å². The van der Waals surface area contributed by atoms with Gasteiger partial charge in [-0.25, -0.2) is 4.98 Å². The molecule has 86 valence electrons. The summed E-state index contributed by atoms with van der Waals surface area (Å²) in [6.45, 7) is 2.82. The average Bonchev–Trinajstić information content (AvgIpc) is 2.38. The molecule has 4 nitrogen and oxygen atoms in total. The molecule has 0 spiro atoms. The minimum Gasteiger partial charge on any atom is -0.481 e. The number of rotatable bonds is 4. The Labute approximate surface area is 95.7 Å². The van der Waals surface area contributed by atoms with Crippen LogP contribution in [0.25, 0.3) is 0 Å². The minimum atomic E-state index is 0.662. The number of hydrogen-bond acceptors (Lipinski definition) is 4. The molecule has 1 aromatic rings. The molecule has 0 saturated carbocycles. The minimum absolute atomic E-state index is 0.662. The summed E-state index contributed by atoms with van der Waals surface area (Å²) in [5.74, 6) is 0.662. The number of nitrogens with zero attached hydrogens (tertiary/aromatic N) is 1. The molecule has 2 N–H and O–H groups in total. The highest BCUT2D eigenvalue weighted by Gasteiger charge is 2.02. The second-order valence-corrected chi connectivity index (χ2v) is 3.75. The van der Waals surface area contributed by atoms with Crippen molar-refractivity contribution in [3.8, 4) is 5.88 Å². The van der Waals surface area contributed by atoms with Crippen LogP contribution < -0.4 is 15.4 Å². The molecular formula is C12H17N3O. The summed E-state index contributed by atoms with van der Waals surface area (Å²) in [7, 11) is 1.63. The van der Waals surface area contributed by atoms with Gasteiger partial charge in [-0.05, 0) is 24.6 Å². The first-order valence-electron chi connectivity index (χ1n) is 5.51. The molecule has 0 bridgehead atoms. The van der Waals surface area contributed by atoms with E-state index in [2.05, 4.69) is 21.7 Å². The predicted molar refractivity (Wildman–Crippen MR) is 63.2 cm³/mol. The Balaban J connectivity index is 1.91. The van der Waals surface area contributed by atoms with E-state index in [0.717, 1.165) is 26.1 Å². The Morgan fingerprint density at radius 3 is 3.25 bits per heavy atom. The molecule has 2 rings (SSSR count). The lowest BCUT2D eigenvalue weighted by Gasteiger charge is -2.16. The monoisotopic (exact) mass is 219 g/mol. The van der Waals surface area contributed by atoms with Crippen LogP contribution in [0.15, 0.2) is 30.1 Å². The second kappa shape index (κ2) is 5.51. The highest BCUT2D eigenvalue weighted by atomic mass is 16.5. The van der Waals surface area contributed by atoms with E-state index in [4.69, 9.17) is 4.74 Å². The average molecular weight is 219 g/mol. The molecule has 4 heteroatoms. The van der Waals surface area contributed by atoms with Crippen molar-refractivity contribution in [2.24, 2.45) is 0 Å². The van der Waals surface area contributed by atoms with Gasteiger partial charge >= 0.3 is 0 Å². The van der Waals surface area contributed by atoms with E-state index in [-0.39, 0.29) is 0 Å². The quantitative estimate of drug-likeness (QED) is 0.795. The summed E-state index contributed by atoms with van der Waals surface area (Å²) in [5, 5.41) is 6.73. The van der Waals surface area contributed by atoms with E-state index in [1.165, 1.54) is 11.3 Å². The van der Waals surface area contributed by atoms with Crippen LogP contribution in [0.5, 0.6) is 5.88 Å². The van der Waals surface area contributed by atoms with Gasteiger partial charge in [0.25, 0.3) is 0 Å². The molecule has 1 aliphatic heterocycles. The second-order valence-electron chi connectivity index (χ2n) is 3.75. The van der Waals surface area contributed by atoms with Gasteiger partial charge in [0.05, 0.1) is 7.11 Å². The Morgan fingerprint density at radius 1 is 1.56 bits per heavy atom. The highest BCUT2D eigenvalue weighted by molar-refractivity contribution is 5.21. The summed E-state index contributed by atoms with van der Waals surface area (Å²) in [4.78, 5) is 4.08. The first kappa shape index (κ1) is 11.0. The lowest BCUT2D eigenvalue weighted by Crippen LogP contribution is -2.29. The third kappa shape index (κ3) is 2.97. The van der Waals surface area contributed by atoms with Crippen molar-refractivity contribution in [2.75, 3.05) is 20.2 Å². The van der Waals surface area contributed by atoms with Gasteiger partial charge in [-0.3, -0.25) is 0 Å². The van der Waals surface area contributed by atoms with Crippen molar-refractivity contribution in [2.45, 2.75) is 13.0 Å². The maximum absolute atomic E-state index is 5.08. The maximum atomic E-state index is 5.08. The van der Waals surface area contributed by atoms with Crippen LogP contribution in [0.3, 0.4) is 0 Å². The number of pyridine rings is 1. The van der Waals surface area contributed by atoms with E-state index < -0.39 is 0 Å². The number of nitrogens with one attached hydrogen (secondary N) is 2. The summed E-state index contributed by atoms with van der Waals surface area (Å²) in [5.41, 5.74) is 2.44. The van der Waals surface area contributed by atoms with Crippen molar-refractivity contribution in [3.05, 3.63) is 35.7 Å². The predicted octanol–water partition coefficient (Wildman–Crippen LogP) is 1.06. The van der Waals surface area contributed by atoms with Crippen molar-refractivity contribution in [1.29, 1.82) is 0 Å². The zero-order valence-electron chi connectivity index (χ0n) is 9.49. The van der Waals surface area contributed by atoms with E-state index in [1.54, 1.807) is 13.3 Å². The van der Waals surface area contributed by atoms with E-state index >= 15 is 0 Å². The molecule has 1 aliphatic rings. The highest BCUT2D eigenvalue weighted by Crippen LogP contribution is 2.09. The molecule has 0 fully saturated rings. The molecular weight excluding hydrogens is 202 g/mol. The maximum Gasteiger partial charge on any atom is 0.213 e. The lowest BCUT2D eigenvalue weighted by atomic mass is 10.2. The third-order valence-electron chi connectivity index (χ3n) is 2.56. The van der Waals surface area contributed by atoms with Gasteiger partial charge in [0.2, 0.25) is 5.88 Å². The summed E-state index contributed by atoms with van der Waals surface area (Å²) < 4.78 is 5.08. The lowest BCUT2D eigenvalue weighted by molar-refractivity contribution is 0.397. The number of methoxy groups -OCH3 is 1. The molecule has 0 aliphatic carbocycles. The van der Waals surface area contributed by atoms with Crippen LogP contribution in [0, 0.1) is 0 Å². The van der Waals surface area contributed by atoms with E-state index in [1.807, 2.05) is 12.1 Å². The molecule has 2 heterocycles. The van der Waals surface area contributed by atoms with Crippen LogP contribution in [-0.4, -0.2) is 25.2 Å². The number of ether oxygens (including phenoxy) is 1. The standard InChI is InChI=1S/C12H17N3O/c1-16-12-7-10(4-6-14-12)8-15-11-3-2-5-13-9-11/h3-4,6-7,13,15H,2,5,8-9H2,1H3. The molecule has 0 saturated heterocycles. The zero-order valence-corrected chi connectivity index (χ0v) is 9.49. The number of aromatic nitrogens is 1. The van der Waals surface area contributed by atoms with Gasteiger partial charge in [-0.2, -0.15) is 0 Å². The van der Waals surface area contributed by atoms with Gasteiger partial charge in [0.15, 0.2) is 0 Å². The molecule has 0 atom stereocenters. The fraction of sp³-hybridized carbons (Fsp3) is 0.417. The molecule has 16 heavy (non-hydrogen) atoms. The van der Waals surface area contributed by atoms with Crippen molar-refractivity contribution in [3.63, 3.8) is 0 Å². The van der Waals surface area contributed by atoms with Gasteiger partial charge in [-0.15, -0.1) is 0 Å². The summed E-state index contributed by atoms with van der Waals surface area (Å²) in [6.07, 6.45) is 5.11. The van der Waals surface area contributed by atoms with Crippen LogP contribution in [0.4, 0.5) is 0 Å². The van der Waals surface area contributed by atoms with Gasteiger partial charge in [-0.1, -0.05) is 6.08 Å². The Bertz CT molecular complexity index is 376. The van der Waals surface area contributed by atoms with E-state index in [0.29, 0.717) is 5.88 Å². The zero-order chi connectivity index (χ0) is 11.2. The largest absolute Gasteiger partial charge is 0.481 e. The third-order valence-corrected chi connectivity index (χ3v) is 2.56. The smallest absolute Gasteiger partial charge is 0.213 e. The first-order valence-corrected chi connectivity index (χ1v) is 5.51. The van der Waals surface area contributed by atoms with Crippen molar-refractivity contribution >= 4 is 0 Å². The van der Waals surface area contributed by atoms with Crippen molar-refractivity contribution in [1.82, 2.24) is 15.6 Å². The summed E-state index contributed by atoms with van der Waals surface area (Å²) >= 11 is 0. The van der Waals surface area contributed by atoms with Crippen LogP contribution in [0.1, 0.15) is 12.0 Å². The molecule has 0 radical (unpaired) electrons. The first-order chi connectivity index (χ1) is 7.88. The van der Waals surface area contributed by atoms with Gasteiger partial charge in [0, 0.05) is 31.0 Å². The normalized spacial score (nSPS) is 15.4. The SMILES string of the molecule is COc1cc(CNC2=CCCNC2)ccn1. The fourth-order valence-electron chi connectivity index (χ4n) is 1.67. The number of hydrogen-bond donors (Lipinski definition) is 2. The molecule has 0 aromatic carbocycles. The van der Waals surface area contributed by atoms with E-state index in [9.17, 15) is 0 Å². The molecule has 1 aromatic heterocycles. The van der Waals surface area contributed by atoms with Crippen LogP contribution >= 0.6 is 0 Å². The molecule has 0 unspecified atom stereocenters. The van der Waals surface area contributed by atoms with Crippen LogP contribution in [0.2, 0.25) is 0 Å². The molecule has 0 amide bonds. The Morgan fingerprint density at radius 2 is 2.50 bits per heavy atom. The Hall–Kier alpha value is -1.55. The van der Waals surface area contributed by atoms with Gasteiger partial charge in [0.1, 0.15) is 0 Å². The van der Waals surface area contributed by atoms with Crippen LogP contribution in [-0.2, 0) is 6.54 Å². The fourth-order valence-corrected chi connectivity index (χ4v) is 1.67. The Kier molecular flexibility index (Phi) is 3.77. The topological polar surface area (TPSA) is 46.2 Å². The summed E-state index contributed by atoms with van der Waals surface area (Å²) in [6, 6.07) is 3.94.